The van der Waals surface area contributed by atoms with Gasteiger partial charge in [0.25, 0.3) is 0 Å². The molecule has 5 heteroatoms. The number of allylic oxidation sites excluding steroid dienone is 2. The maximum Gasteiger partial charge on any atom is 0.331 e. The van der Waals surface area contributed by atoms with Crippen molar-refractivity contribution >= 4 is 17.7 Å². The van der Waals surface area contributed by atoms with Crippen LogP contribution in [0.25, 0.3) is 0 Å². The van der Waals surface area contributed by atoms with Gasteiger partial charge in [0.2, 0.25) is 0 Å². The van der Waals surface area contributed by atoms with Gasteiger partial charge in [-0.3, -0.25) is 9.59 Å². The normalized spacial score (nSPS) is 31.0. The van der Waals surface area contributed by atoms with Crippen molar-refractivity contribution in [3.63, 3.8) is 0 Å². The molecular formula is C26H38O5. The molecule has 2 rings (SSSR count). The highest BCUT2D eigenvalue weighted by Gasteiger charge is 2.57. The van der Waals surface area contributed by atoms with E-state index >= 15 is 0 Å². The van der Waals surface area contributed by atoms with Crippen LogP contribution < -0.4 is 0 Å². The number of carbonyl (C=O) groups is 3. The number of fused-ring (bicyclic) bond motifs is 1. The van der Waals surface area contributed by atoms with E-state index in [4.69, 9.17) is 9.47 Å². The largest absolute Gasteiger partial charge is 0.455 e. The van der Waals surface area contributed by atoms with Crippen molar-refractivity contribution in [1.29, 1.82) is 0 Å². The second-order valence-corrected chi connectivity index (χ2v) is 9.31. The summed E-state index contributed by atoms with van der Waals surface area (Å²) >= 11 is 0. The smallest absolute Gasteiger partial charge is 0.331 e. The fraction of sp³-hybridized carbons (Fsp3) is 0.654. The van der Waals surface area contributed by atoms with E-state index in [-0.39, 0.29) is 41.3 Å². The van der Waals surface area contributed by atoms with Gasteiger partial charge in [-0.05, 0) is 56.1 Å². The summed E-state index contributed by atoms with van der Waals surface area (Å²) in [6.07, 6.45) is 3.98. The Kier molecular flexibility index (Phi) is 8.44. The minimum atomic E-state index is -0.902. The third-order valence-corrected chi connectivity index (χ3v) is 7.01. The van der Waals surface area contributed by atoms with Gasteiger partial charge in [0.05, 0.1) is 5.92 Å². The highest BCUT2D eigenvalue weighted by Crippen LogP contribution is 2.53. The van der Waals surface area contributed by atoms with E-state index < -0.39 is 18.2 Å². The van der Waals surface area contributed by atoms with Crippen LogP contribution in [0.15, 0.2) is 35.5 Å². The summed E-state index contributed by atoms with van der Waals surface area (Å²) in [7, 11) is 0. The van der Waals surface area contributed by atoms with Crippen molar-refractivity contribution in [3.05, 3.63) is 35.5 Å². The molecule has 2 aliphatic carbocycles. The summed E-state index contributed by atoms with van der Waals surface area (Å²) < 4.78 is 11.6. The molecule has 1 unspecified atom stereocenters. The van der Waals surface area contributed by atoms with Crippen LogP contribution >= 0.6 is 0 Å². The first-order valence-electron chi connectivity index (χ1n) is 11.5. The average Bonchev–Trinajstić information content (AvgIpc) is 3.00. The summed E-state index contributed by atoms with van der Waals surface area (Å²) in [4.78, 5) is 38.3. The van der Waals surface area contributed by atoms with Crippen LogP contribution in [0.2, 0.25) is 0 Å². The lowest BCUT2D eigenvalue weighted by molar-refractivity contribution is -0.160. The molecule has 6 atom stereocenters. The summed E-state index contributed by atoms with van der Waals surface area (Å²) in [6.45, 7) is 17.9. The van der Waals surface area contributed by atoms with Crippen LogP contribution in [0.4, 0.5) is 0 Å². The number of esters is 2. The third kappa shape index (κ3) is 5.19. The van der Waals surface area contributed by atoms with Gasteiger partial charge in [0.1, 0.15) is 6.10 Å². The molecule has 172 valence electrons. The molecule has 31 heavy (non-hydrogen) atoms. The summed E-state index contributed by atoms with van der Waals surface area (Å²) in [6, 6.07) is 0. The molecule has 0 saturated heterocycles. The first kappa shape index (κ1) is 25.1. The zero-order valence-corrected chi connectivity index (χ0v) is 20.1. The number of carbonyl (C=O) groups excluding carboxylic acids is 3. The quantitative estimate of drug-likeness (QED) is 0.315. The monoisotopic (exact) mass is 430 g/mol. The van der Waals surface area contributed by atoms with Crippen LogP contribution in [0.3, 0.4) is 0 Å². The van der Waals surface area contributed by atoms with Crippen molar-refractivity contribution in [1.82, 2.24) is 0 Å². The summed E-state index contributed by atoms with van der Waals surface area (Å²) in [5, 5.41) is 0. The Bertz CT molecular complexity index is 788. The Morgan fingerprint density at radius 3 is 2.32 bits per heavy atom. The topological polar surface area (TPSA) is 69.7 Å². The minimum absolute atomic E-state index is 0.0809. The molecule has 0 N–H and O–H groups in total. The van der Waals surface area contributed by atoms with Gasteiger partial charge in [-0.2, -0.15) is 0 Å². The zero-order valence-electron chi connectivity index (χ0n) is 20.1. The molecule has 0 aromatic rings. The molecule has 2 saturated carbocycles. The van der Waals surface area contributed by atoms with Gasteiger partial charge in [0.15, 0.2) is 11.9 Å². The number of hydrogen-bond acceptors (Lipinski definition) is 5. The first-order chi connectivity index (χ1) is 14.6. The number of Topliss-reactive ketones (excluding diaryl/α,β-unsaturated/α-hetero) is 1. The van der Waals surface area contributed by atoms with E-state index in [0.29, 0.717) is 24.0 Å². The van der Waals surface area contributed by atoms with E-state index in [1.165, 1.54) is 6.08 Å². The van der Waals surface area contributed by atoms with Crippen molar-refractivity contribution < 1.29 is 23.9 Å². The minimum Gasteiger partial charge on any atom is -0.455 e. The Labute approximate surface area is 186 Å². The van der Waals surface area contributed by atoms with Crippen molar-refractivity contribution in [2.75, 3.05) is 0 Å². The van der Waals surface area contributed by atoms with E-state index in [1.54, 1.807) is 6.92 Å². The maximum absolute atomic E-state index is 13.3. The number of rotatable bonds is 7. The molecule has 0 aromatic heterocycles. The maximum atomic E-state index is 13.3. The first-order valence-corrected chi connectivity index (χ1v) is 11.5. The number of ketones is 1. The molecule has 2 aliphatic rings. The molecule has 0 heterocycles. The molecule has 0 aliphatic heterocycles. The van der Waals surface area contributed by atoms with Gasteiger partial charge < -0.3 is 9.47 Å². The Morgan fingerprint density at radius 2 is 1.81 bits per heavy atom. The molecule has 0 amide bonds. The molecule has 5 nitrogen and oxygen atoms in total. The number of ether oxygens (including phenoxy) is 2. The van der Waals surface area contributed by atoms with E-state index in [2.05, 4.69) is 20.4 Å². The fourth-order valence-corrected chi connectivity index (χ4v) is 4.71. The van der Waals surface area contributed by atoms with Gasteiger partial charge in [-0.25, -0.2) is 4.79 Å². The molecular weight excluding hydrogens is 392 g/mol. The van der Waals surface area contributed by atoms with Gasteiger partial charge in [-0.1, -0.05) is 52.8 Å². The van der Waals surface area contributed by atoms with Crippen molar-refractivity contribution in [2.24, 2.45) is 29.6 Å². The fourth-order valence-electron chi connectivity index (χ4n) is 4.71. The Morgan fingerprint density at radius 1 is 1.16 bits per heavy atom. The van der Waals surface area contributed by atoms with E-state index in [0.717, 1.165) is 12.0 Å². The SMILES string of the molecule is C=C1[C@H]2[C@@H](/C(=C\C)C(=O)[C@H]2OC(=O)C(C)CC)[C@H](C(C)C)C[C@H]1OC(=O)/C=C(\C)CC. The van der Waals surface area contributed by atoms with Gasteiger partial charge >= 0.3 is 11.9 Å². The molecule has 2 fully saturated rings. The van der Waals surface area contributed by atoms with Crippen LogP contribution in [0, 0.1) is 29.6 Å². The Balaban J connectivity index is 2.41. The van der Waals surface area contributed by atoms with Crippen LogP contribution in [0.5, 0.6) is 0 Å². The molecule has 0 spiro atoms. The van der Waals surface area contributed by atoms with Crippen LogP contribution in [-0.2, 0) is 23.9 Å². The lowest BCUT2D eigenvalue weighted by Gasteiger charge is -2.42. The number of hydrogen-bond donors (Lipinski definition) is 0. The summed E-state index contributed by atoms with van der Waals surface area (Å²) in [5.41, 5.74) is 2.32. The van der Waals surface area contributed by atoms with Crippen molar-refractivity contribution in [3.8, 4) is 0 Å². The Hall–Kier alpha value is -2.17. The highest BCUT2D eigenvalue weighted by molar-refractivity contribution is 6.03. The highest BCUT2D eigenvalue weighted by atomic mass is 16.6. The van der Waals surface area contributed by atoms with Crippen LogP contribution in [-0.4, -0.2) is 29.9 Å². The molecule has 0 radical (unpaired) electrons. The summed E-state index contributed by atoms with van der Waals surface area (Å²) in [5.74, 6) is -1.26. The second kappa shape index (κ2) is 10.4. The zero-order chi connectivity index (χ0) is 23.5. The average molecular weight is 431 g/mol. The standard InChI is InChI=1S/C26H38O5/c1-9-15(6)12-21(27)30-20-13-19(14(4)5)23-18(11-3)24(28)25(22(23)17(20)8)31-26(29)16(7)10-2/h11-12,14,16,19-20,22-23,25H,8-10,13H2,1-7H3/b15-12+,18-11+/t16?,19-,20+,22-,23-,25-/m0/s1. The van der Waals surface area contributed by atoms with Gasteiger partial charge in [0, 0.05) is 17.9 Å². The third-order valence-electron chi connectivity index (χ3n) is 7.01. The van der Waals surface area contributed by atoms with Gasteiger partial charge in [-0.15, -0.1) is 0 Å². The van der Waals surface area contributed by atoms with E-state index in [9.17, 15) is 14.4 Å². The lowest BCUT2D eigenvalue weighted by atomic mass is 9.65. The van der Waals surface area contributed by atoms with Crippen molar-refractivity contribution in [2.45, 2.75) is 79.9 Å². The predicted molar refractivity (Wildman–Crippen MR) is 121 cm³/mol. The lowest BCUT2D eigenvalue weighted by Crippen LogP contribution is -2.43. The van der Waals surface area contributed by atoms with Crippen LogP contribution in [0.1, 0.15) is 67.7 Å². The second-order valence-electron chi connectivity index (χ2n) is 9.31. The molecule has 0 aromatic carbocycles. The molecule has 0 bridgehead atoms. The predicted octanol–water partition coefficient (Wildman–Crippen LogP) is 5.21. The van der Waals surface area contributed by atoms with E-state index in [1.807, 2.05) is 33.8 Å².